The van der Waals surface area contributed by atoms with Crippen LogP contribution in [0.3, 0.4) is 0 Å². The molecule has 0 spiro atoms. The van der Waals surface area contributed by atoms with Gasteiger partial charge in [0.05, 0.1) is 12.2 Å². The Labute approximate surface area is 119 Å². The molecule has 0 bridgehead atoms. The molecular formula is C16H32N2O. The quantitative estimate of drug-likeness (QED) is 0.801. The predicted molar refractivity (Wildman–Crippen MR) is 80.4 cm³/mol. The molecule has 0 radical (unpaired) electrons. The van der Waals surface area contributed by atoms with E-state index in [1.165, 1.54) is 45.3 Å². The van der Waals surface area contributed by atoms with Gasteiger partial charge in [0.1, 0.15) is 0 Å². The van der Waals surface area contributed by atoms with Crippen molar-refractivity contribution in [2.75, 3.05) is 32.7 Å². The first-order valence-corrected chi connectivity index (χ1v) is 8.22. The lowest BCUT2D eigenvalue weighted by molar-refractivity contribution is 0.0219. The summed E-state index contributed by atoms with van der Waals surface area (Å²) >= 11 is 0. The van der Waals surface area contributed by atoms with Crippen LogP contribution < -0.4 is 5.32 Å². The van der Waals surface area contributed by atoms with Crippen LogP contribution in [-0.4, -0.2) is 49.8 Å². The van der Waals surface area contributed by atoms with Crippen LogP contribution in [0.4, 0.5) is 0 Å². The number of ether oxygens (including phenoxy) is 1. The normalized spacial score (nSPS) is 33.2. The average Bonchev–Trinajstić information content (AvgIpc) is 2.75. The molecule has 1 N–H and O–H groups in total. The van der Waals surface area contributed by atoms with Crippen molar-refractivity contribution in [2.24, 2.45) is 11.8 Å². The highest BCUT2D eigenvalue weighted by Crippen LogP contribution is 2.22. The van der Waals surface area contributed by atoms with E-state index in [-0.39, 0.29) is 0 Å². The summed E-state index contributed by atoms with van der Waals surface area (Å²) in [5.41, 5.74) is 0. The Kier molecular flexibility index (Phi) is 6.11. The second kappa shape index (κ2) is 7.61. The zero-order chi connectivity index (χ0) is 13.7. The van der Waals surface area contributed by atoms with Crippen molar-refractivity contribution in [1.82, 2.24) is 10.2 Å². The topological polar surface area (TPSA) is 24.5 Å². The fourth-order valence-electron chi connectivity index (χ4n) is 3.37. The van der Waals surface area contributed by atoms with E-state index in [1.54, 1.807) is 0 Å². The lowest BCUT2D eigenvalue weighted by atomic mass is 9.97. The highest BCUT2D eigenvalue weighted by molar-refractivity contribution is 4.79. The zero-order valence-corrected chi connectivity index (χ0v) is 13.0. The van der Waals surface area contributed by atoms with E-state index in [1.807, 2.05) is 0 Å². The summed E-state index contributed by atoms with van der Waals surface area (Å²) in [5.74, 6) is 1.60. The highest BCUT2D eigenvalue weighted by atomic mass is 16.5. The van der Waals surface area contributed by atoms with Gasteiger partial charge < -0.3 is 15.0 Å². The van der Waals surface area contributed by atoms with E-state index in [9.17, 15) is 0 Å². The van der Waals surface area contributed by atoms with E-state index in [0.717, 1.165) is 24.9 Å². The minimum Gasteiger partial charge on any atom is -0.374 e. The molecule has 3 heteroatoms. The van der Waals surface area contributed by atoms with Crippen LogP contribution in [-0.2, 0) is 4.74 Å². The summed E-state index contributed by atoms with van der Waals surface area (Å²) in [6.07, 6.45) is 6.24. The maximum Gasteiger partial charge on any atom is 0.0706 e. The van der Waals surface area contributed by atoms with Crippen LogP contribution in [0.2, 0.25) is 0 Å². The van der Waals surface area contributed by atoms with Crippen LogP contribution in [0.25, 0.3) is 0 Å². The first kappa shape index (κ1) is 15.3. The van der Waals surface area contributed by atoms with Gasteiger partial charge in [-0.25, -0.2) is 0 Å². The maximum absolute atomic E-state index is 5.95. The number of nitrogens with zero attached hydrogens (tertiary/aromatic N) is 1. The third-order valence-corrected chi connectivity index (χ3v) is 4.37. The van der Waals surface area contributed by atoms with Gasteiger partial charge in [-0.3, -0.25) is 0 Å². The standard InChI is InChI=1S/C16H32N2O/c1-13(2)9-17-10-15-5-4-8-18(11-15)12-16-7-6-14(3)19-16/h13-17H,4-12H2,1-3H3. The first-order valence-electron chi connectivity index (χ1n) is 8.22. The minimum atomic E-state index is 0.485. The van der Waals surface area contributed by atoms with Gasteiger partial charge in [-0.05, 0) is 64.1 Å². The maximum atomic E-state index is 5.95. The van der Waals surface area contributed by atoms with Crippen molar-refractivity contribution in [3.05, 3.63) is 0 Å². The molecule has 3 atom stereocenters. The summed E-state index contributed by atoms with van der Waals surface area (Å²) in [7, 11) is 0. The van der Waals surface area contributed by atoms with Crippen LogP contribution >= 0.6 is 0 Å². The average molecular weight is 268 g/mol. The van der Waals surface area contributed by atoms with Gasteiger partial charge in [0.15, 0.2) is 0 Å². The molecule has 2 heterocycles. The van der Waals surface area contributed by atoms with Crippen LogP contribution in [0, 0.1) is 11.8 Å². The molecular weight excluding hydrogens is 236 g/mol. The molecule has 0 aromatic rings. The molecule has 3 unspecified atom stereocenters. The van der Waals surface area contributed by atoms with Crippen LogP contribution in [0.15, 0.2) is 0 Å². The van der Waals surface area contributed by atoms with Gasteiger partial charge in [-0.1, -0.05) is 13.8 Å². The predicted octanol–water partition coefficient (Wildman–Crippen LogP) is 2.51. The van der Waals surface area contributed by atoms with Gasteiger partial charge in [0.2, 0.25) is 0 Å². The Balaban J connectivity index is 1.65. The molecule has 3 nitrogen and oxygen atoms in total. The molecule has 0 saturated carbocycles. The monoisotopic (exact) mass is 268 g/mol. The Morgan fingerprint density at radius 1 is 1.26 bits per heavy atom. The van der Waals surface area contributed by atoms with Crippen LogP contribution in [0.1, 0.15) is 46.5 Å². The number of rotatable bonds is 6. The van der Waals surface area contributed by atoms with E-state index in [0.29, 0.717) is 12.2 Å². The Bertz CT molecular complexity index is 257. The molecule has 19 heavy (non-hydrogen) atoms. The molecule has 2 rings (SSSR count). The van der Waals surface area contributed by atoms with Crippen molar-refractivity contribution in [3.8, 4) is 0 Å². The summed E-state index contributed by atoms with van der Waals surface area (Å²) in [5, 5.41) is 3.62. The fraction of sp³-hybridized carbons (Fsp3) is 1.00. The largest absolute Gasteiger partial charge is 0.374 e. The summed E-state index contributed by atoms with van der Waals surface area (Å²) in [4.78, 5) is 2.63. The molecule has 2 fully saturated rings. The third-order valence-electron chi connectivity index (χ3n) is 4.37. The molecule has 2 saturated heterocycles. The fourth-order valence-corrected chi connectivity index (χ4v) is 3.37. The lowest BCUT2D eigenvalue weighted by Gasteiger charge is -2.34. The Hall–Kier alpha value is -0.120. The van der Waals surface area contributed by atoms with Crippen molar-refractivity contribution in [3.63, 3.8) is 0 Å². The number of piperidine rings is 1. The van der Waals surface area contributed by atoms with Gasteiger partial charge >= 0.3 is 0 Å². The third kappa shape index (κ3) is 5.41. The van der Waals surface area contributed by atoms with E-state index < -0.39 is 0 Å². The van der Waals surface area contributed by atoms with Crippen molar-refractivity contribution < 1.29 is 4.74 Å². The Morgan fingerprint density at radius 2 is 2.11 bits per heavy atom. The molecule has 0 aromatic heterocycles. The first-order chi connectivity index (χ1) is 9.13. The van der Waals surface area contributed by atoms with E-state index in [2.05, 4.69) is 31.0 Å². The molecule has 2 aliphatic heterocycles. The summed E-state index contributed by atoms with van der Waals surface area (Å²) in [6.45, 7) is 12.8. The van der Waals surface area contributed by atoms with E-state index in [4.69, 9.17) is 4.74 Å². The lowest BCUT2D eigenvalue weighted by Crippen LogP contribution is -2.43. The molecule has 0 aliphatic carbocycles. The summed E-state index contributed by atoms with van der Waals surface area (Å²) < 4.78 is 5.95. The molecule has 0 aromatic carbocycles. The number of hydrogen-bond acceptors (Lipinski definition) is 3. The van der Waals surface area contributed by atoms with Gasteiger partial charge in [-0.2, -0.15) is 0 Å². The van der Waals surface area contributed by atoms with Gasteiger partial charge in [0.25, 0.3) is 0 Å². The summed E-state index contributed by atoms with van der Waals surface area (Å²) in [6, 6.07) is 0. The molecule has 112 valence electrons. The van der Waals surface area contributed by atoms with Crippen molar-refractivity contribution in [1.29, 1.82) is 0 Å². The molecule has 0 amide bonds. The Morgan fingerprint density at radius 3 is 2.79 bits per heavy atom. The van der Waals surface area contributed by atoms with Crippen molar-refractivity contribution >= 4 is 0 Å². The van der Waals surface area contributed by atoms with Crippen LogP contribution in [0.5, 0.6) is 0 Å². The number of likely N-dealkylation sites (tertiary alicyclic amines) is 1. The number of hydrogen-bond donors (Lipinski definition) is 1. The highest BCUT2D eigenvalue weighted by Gasteiger charge is 2.26. The van der Waals surface area contributed by atoms with E-state index >= 15 is 0 Å². The number of nitrogens with one attached hydrogen (secondary N) is 1. The molecule has 2 aliphatic rings. The minimum absolute atomic E-state index is 0.485. The van der Waals surface area contributed by atoms with Gasteiger partial charge in [0, 0.05) is 13.1 Å². The second-order valence-corrected chi connectivity index (χ2v) is 6.97. The van der Waals surface area contributed by atoms with Gasteiger partial charge in [-0.15, -0.1) is 0 Å². The second-order valence-electron chi connectivity index (χ2n) is 6.97. The zero-order valence-electron chi connectivity index (χ0n) is 13.0. The SMILES string of the molecule is CC(C)CNCC1CCCN(CC2CCC(C)O2)C1. The van der Waals surface area contributed by atoms with Crippen molar-refractivity contribution in [2.45, 2.75) is 58.7 Å². The smallest absolute Gasteiger partial charge is 0.0706 e.